The standard InChI is InChI=1S/C23H29N/c1-17-16-20(19-8-5-4-6-9-19)11-12-22(17)23-14-7-10-21(13-15-23)24(3)18(23)2/h4-6,8-9,11-12,16,18,21H,7,10,13-15H2,1-3H3. The van der Waals surface area contributed by atoms with E-state index in [0.29, 0.717) is 11.5 Å². The number of benzene rings is 2. The molecule has 2 bridgehead atoms. The summed E-state index contributed by atoms with van der Waals surface area (Å²) in [5.41, 5.74) is 6.08. The van der Waals surface area contributed by atoms with Gasteiger partial charge in [0.25, 0.3) is 0 Å². The van der Waals surface area contributed by atoms with Gasteiger partial charge in [-0.15, -0.1) is 0 Å². The van der Waals surface area contributed by atoms with E-state index in [1.165, 1.54) is 48.8 Å². The van der Waals surface area contributed by atoms with Crippen LogP contribution >= 0.6 is 0 Å². The normalized spacial score (nSPS) is 30.3. The topological polar surface area (TPSA) is 3.24 Å². The van der Waals surface area contributed by atoms with Gasteiger partial charge in [0, 0.05) is 17.5 Å². The van der Waals surface area contributed by atoms with Gasteiger partial charge in [-0.25, -0.2) is 0 Å². The first-order valence-electron chi connectivity index (χ1n) is 9.50. The van der Waals surface area contributed by atoms with E-state index >= 15 is 0 Å². The van der Waals surface area contributed by atoms with Crippen LogP contribution in [-0.2, 0) is 5.41 Å². The average Bonchev–Trinajstić information content (AvgIpc) is 2.90. The van der Waals surface area contributed by atoms with E-state index in [1.54, 1.807) is 5.56 Å². The first-order valence-corrected chi connectivity index (χ1v) is 9.50. The lowest BCUT2D eigenvalue weighted by atomic mass is 9.66. The van der Waals surface area contributed by atoms with E-state index in [-0.39, 0.29) is 0 Å². The van der Waals surface area contributed by atoms with Crippen molar-refractivity contribution >= 4 is 0 Å². The first kappa shape index (κ1) is 15.9. The quantitative estimate of drug-likeness (QED) is 0.700. The summed E-state index contributed by atoms with van der Waals surface area (Å²) in [4.78, 5) is 2.67. The van der Waals surface area contributed by atoms with Crippen molar-refractivity contribution in [1.29, 1.82) is 0 Å². The van der Waals surface area contributed by atoms with Crippen molar-refractivity contribution in [1.82, 2.24) is 4.90 Å². The lowest BCUT2D eigenvalue weighted by Crippen LogP contribution is -2.53. The van der Waals surface area contributed by atoms with Crippen LogP contribution in [0.1, 0.15) is 50.2 Å². The number of hydrogen-bond acceptors (Lipinski definition) is 1. The molecule has 3 aliphatic rings. The van der Waals surface area contributed by atoms with E-state index in [2.05, 4.69) is 74.3 Å². The Morgan fingerprint density at radius 1 is 0.958 bits per heavy atom. The summed E-state index contributed by atoms with van der Waals surface area (Å²) in [6.45, 7) is 4.78. The van der Waals surface area contributed by atoms with Crippen molar-refractivity contribution in [2.24, 2.45) is 0 Å². The molecule has 5 rings (SSSR count). The third kappa shape index (κ3) is 2.41. The van der Waals surface area contributed by atoms with Gasteiger partial charge in [0.1, 0.15) is 0 Å². The van der Waals surface area contributed by atoms with Crippen molar-refractivity contribution in [3.05, 3.63) is 59.7 Å². The van der Waals surface area contributed by atoms with Gasteiger partial charge in [0.05, 0.1) is 0 Å². The van der Waals surface area contributed by atoms with Crippen LogP contribution in [0.5, 0.6) is 0 Å². The number of rotatable bonds is 2. The third-order valence-electron chi connectivity index (χ3n) is 6.94. The number of nitrogens with zero attached hydrogens (tertiary/aromatic N) is 1. The molecule has 1 heteroatoms. The lowest BCUT2D eigenvalue weighted by molar-refractivity contribution is 0.0678. The van der Waals surface area contributed by atoms with E-state index in [1.807, 2.05) is 0 Å². The zero-order chi connectivity index (χ0) is 16.7. The number of piperidine rings is 1. The largest absolute Gasteiger partial charge is 0.300 e. The molecule has 2 aromatic carbocycles. The summed E-state index contributed by atoms with van der Waals surface area (Å²) in [6, 6.07) is 19.4. The summed E-state index contributed by atoms with van der Waals surface area (Å²) in [5, 5.41) is 0. The van der Waals surface area contributed by atoms with Gasteiger partial charge in [-0.05, 0) is 68.8 Å². The molecule has 0 radical (unpaired) electrons. The second-order valence-corrected chi connectivity index (χ2v) is 7.98. The van der Waals surface area contributed by atoms with Crippen molar-refractivity contribution < 1.29 is 0 Å². The summed E-state index contributed by atoms with van der Waals surface area (Å²) in [6.07, 6.45) is 6.82. The molecule has 1 saturated carbocycles. The molecule has 1 aliphatic carbocycles. The number of aryl methyl sites for hydroxylation is 1. The van der Waals surface area contributed by atoms with Gasteiger partial charge >= 0.3 is 0 Å². The number of fused-ring (bicyclic) bond motifs is 4. The van der Waals surface area contributed by atoms with Crippen LogP contribution < -0.4 is 0 Å². The maximum Gasteiger partial charge on any atom is 0.0164 e. The molecule has 24 heavy (non-hydrogen) atoms. The molecular formula is C23H29N. The van der Waals surface area contributed by atoms with Crippen molar-refractivity contribution in [2.75, 3.05) is 7.05 Å². The van der Waals surface area contributed by atoms with Gasteiger partial charge in [-0.2, -0.15) is 0 Å². The Morgan fingerprint density at radius 3 is 2.50 bits per heavy atom. The Kier molecular flexibility index (Phi) is 4.00. The van der Waals surface area contributed by atoms with Crippen LogP contribution in [0, 0.1) is 6.92 Å². The third-order valence-corrected chi connectivity index (χ3v) is 6.94. The highest BCUT2D eigenvalue weighted by Crippen LogP contribution is 2.49. The SMILES string of the molecule is Cc1cc(-c2ccccc2)ccc1C12CCCC(CC1)N(C)C2C. The highest BCUT2D eigenvalue weighted by atomic mass is 15.2. The number of likely N-dealkylation sites (N-methyl/N-ethyl adjacent to an activating group) is 1. The molecule has 2 heterocycles. The molecule has 2 aromatic rings. The summed E-state index contributed by atoms with van der Waals surface area (Å²) < 4.78 is 0. The minimum Gasteiger partial charge on any atom is -0.300 e. The fourth-order valence-corrected chi connectivity index (χ4v) is 5.40. The Bertz CT molecular complexity index is 716. The average molecular weight is 319 g/mol. The number of hydrogen-bond donors (Lipinski definition) is 0. The van der Waals surface area contributed by atoms with Crippen LogP contribution in [0.25, 0.3) is 11.1 Å². The molecule has 3 fully saturated rings. The summed E-state index contributed by atoms with van der Waals surface area (Å²) in [7, 11) is 2.35. The van der Waals surface area contributed by atoms with Crippen LogP contribution in [-0.4, -0.2) is 24.0 Å². The zero-order valence-corrected chi connectivity index (χ0v) is 15.3. The van der Waals surface area contributed by atoms with Crippen LogP contribution in [0.3, 0.4) is 0 Å². The molecule has 0 aromatic heterocycles. The van der Waals surface area contributed by atoms with Crippen molar-refractivity contribution in [2.45, 2.75) is 63.5 Å². The zero-order valence-electron chi connectivity index (χ0n) is 15.3. The monoisotopic (exact) mass is 319 g/mol. The Hall–Kier alpha value is -1.60. The maximum absolute atomic E-state index is 2.67. The predicted octanol–water partition coefficient (Wildman–Crippen LogP) is 5.57. The van der Waals surface area contributed by atoms with E-state index in [0.717, 1.165) is 6.04 Å². The summed E-state index contributed by atoms with van der Waals surface area (Å²) >= 11 is 0. The molecule has 3 unspecified atom stereocenters. The van der Waals surface area contributed by atoms with Crippen LogP contribution in [0.2, 0.25) is 0 Å². The Balaban J connectivity index is 1.76. The molecule has 0 amide bonds. The minimum absolute atomic E-state index is 0.348. The maximum atomic E-state index is 2.67. The first-order chi connectivity index (χ1) is 11.6. The Morgan fingerprint density at radius 2 is 1.75 bits per heavy atom. The molecule has 2 aliphatic heterocycles. The predicted molar refractivity (Wildman–Crippen MR) is 102 cm³/mol. The molecule has 0 N–H and O–H groups in total. The molecule has 1 nitrogen and oxygen atoms in total. The molecule has 3 atom stereocenters. The van der Waals surface area contributed by atoms with Gasteiger partial charge in [0.15, 0.2) is 0 Å². The van der Waals surface area contributed by atoms with E-state index < -0.39 is 0 Å². The van der Waals surface area contributed by atoms with Crippen LogP contribution in [0.4, 0.5) is 0 Å². The second kappa shape index (κ2) is 6.04. The van der Waals surface area contributed by atoms with Crippen molar-refractivity contribution in [3.8, 4) is 11.1 Å². The molecule has 126 valence electrons. The second-order valence-electron chi connectivity index (χ2n) is 7.98. The highest BCUT2D eigenvalue weighted by Gasteiger charge is 2.47. The minimum atomic E-state index is 0.348. The molecule has 0 spiro atoms. The van der Waals surface area contributed by atoms with Gasteiger partial charge in [-0.1, -0.05) is 55.0 Å². The van der Waals surface area contributed by atoms with Crippen LogP contribution in [0.15, 0.2) is 48.5 Å². The smallest absolute Gasteiger partial charge is 0.0164 e. The van der Waals surface area contributed by atoms with Gasteiger partial charge in [-0.3, -0.25) is 4.90 Å². The summed E-state index contributed by atoms with van der Waals surface area (Å²) in [5.74, 6) is 0. The highest BCUT2D eigenvalue weighted by molar-refractivity contribution is 5.65. The van der Waals surface area contributed by atoms with Crippen molar-refractivity contribution in [3.63, 3.8) is 0 Å². The lowest BCUT2D eigenvalue weighted by Gasteiger charge is -2.49. The molecular weight excluding hydrogens is 290 g/mol. The van der Waals surface area contributed by atoms with Gasteiger partial charge < -0.3 is 0 Å². The Labute approximate surface area is 146 Å². The fraction of sp³-hybridized carbons (Fsp3) is 0.478. The molecule has 2 saturated heterocycles. The van der Waals surface area contributed by atoms with E-state index in [4.69, 9.17) is 0 Å². The van der Waals surface area contributed by atoms with Gasteiger partial charge in [0.2, 0.25) is 0 Å². The van der Waals surface area contributed by atoms with E-state index in [9.17, 15) is 0 Å². The fourth-order valence-electron chi connectivity index (χ4n) is 5.40.